The highest BCUT2D eigenvalue weighted by atomic mass is 32.1. The fourth-order valence-corrected chi connectivity index (χ4v) is 8.48. The second-order valence-corrected chi connectivity index (χ2v) is 11.0. The highest BCUT2D eigenvalue weighted by Crippen LogP contribution is 2.61. The first-order valence-electron chi connectivity index (χ1n) is 10.5. The van der Waals surface area contributed by atoms with Crippen LogP contribution in [0.25, 0.3) is 0 Å². The fourth-order valence-electron chi connectivity index (χ4n) is 6.91. The SMILES string of the molecule is NC(=O)c1c(NC(=S)NC(=O)CC23CC4CC(CC(C4)C2)C3)sc2c1CCC2. The number of hydrogen-bond acceptors (Lipinski definition) is 4. The lowest BCUT2D eigenvalue weighted by atomic mass is 9.49. The lowest BCUT2D eigenvalue weighted by Gasteiger charge is -2.56. The van der Waals surface area contributed by atoms with Crippen LogP contribution in [0.5, 0.6) is 0 Å². The number of aryl methyl sites for hydroxylation is 1. The molecule has 1 aromatic rings. The van der Waals surface area contributed by atoms with Crippen LogP contribution in [0.1, 0.15) is 72.2 Å². The van der Waals surface area contributed by atoms with Gasteiger partial charge in [0.25, 0.3) is 5.91 Å². The Labute approximate surface area is 174 Å². The van der Waals surface area contributed by atoms with Crippen LogP contribution in [0.2, 0.25) is 0 Å². The number of primary amides is 1. The standard InChI is InChI=1S/C21H27N3O2S2/c22-18(26)17-14-2-1-3-15(14)28-19(17)24-20(27)23-16(25)10-21-7-11-4-12(8-21)6-13(5-11)9-21/h11-13H,1-10H2,(H2,22,26)(H2,23,24,25,27). The third kappa shape index (κ3) is 3.26. The topological polar surface area (TPSA) is 84.2 Å². The van der Waals surface area contributed by atoms with E-state index in [1.54, 1.807) is 0 Å². The van der Waals surface area contributed by atoms with Gasteiger partial charge in [0.15, 0.2) is 5.11 Å². The summed E-state index contributed by atoms with van der Waals surface area (Å²) in [7, 11) is 0. The summed E-state index contributed by atoms with van der Waals surface area (Å²) >= 11 is 6.92. The lowest BCUT2D eigenvalue weighted by molar-refractivity contribution is -0.127. The summed E-state index contributed by atoms with van der Waals surface area (Å²) in [6.45, 7) is 0. The van der Waals surface area contributed by atoms with E-state index in [4.69, 9.17) is 18.0 Å². The molecular formula is C21H27N3O2S2. The molecule has 5 aliphatic rings. The molecule has 5 aliphatic carbocycles. The number of hydrogen-bond donors (Lipinski definition) is 3. The first-order valence-corrected chi connectivity index (χ1v) is 11.7. The van der Waals surface area contributed by atoms with E-state index in [-0.39, 0.29) is 16.4 Å². The third-order valence-corrected chi connectivity index (χ3v) is 8.76. The molecule has 0 radical (unpaired) electrons. The maximum atomic E-state index is 12.8. The Balaban J connectivity index is 1.23. The summed E-state index contributed by atoms with van der Waals surface area (Å²) in [6, 6.07) is 0. The molecule has 28 heavy (non-hydrogen) atoms. The number of fused-ring (bicyclic) bond motifs is 1. The van der Waals surface area contributed by atoms with Crippen molar-refractivity contribution in [3.8, 4) is 0 Å². The zero-order chi connectivity index (χ0) is 19.5. The van der Waals surface area contributed by atoms with Crippen LogP contribution in [0.3, 0.4) is 0 Å². The van der Waals surface area contributed by atoms with Gasteiger partial charge in [-0.3, -0.25) is 9.59 Å². The van der Waals surface area contributed by atoms with Gasteiger partial charge in [0.1, 0.15) is 5.00 Å². The van der Waals surface area contributed by atoms with Gasteiger partial charge >= 0.3 is 0 Å². The van der Waals surface area contributed by atoms with Gasteiger partial charge < -0.3 is 16.4 Å². The third-order valence-electron chi connectivity index (χ3n) is 7.35. The van der Waals surface area contributed by atoms with Crippen molar-refractivity contribution >= 4 is 45.5 Å². The van der Waals surface area contributed by atoms with E-state index < -0.39 is 5.91 Å². The van der Waals surface area contributed by atoms with E-state index >= 15 is 0 Å². The molecule has 0 spiro atoms. The van der Waals surface area contributed by atoms with E-state index in [1.807, 2.05) is 0 Å². The van der Waals surface area contributed by atoms with Gasteiger partial charge in [-0.1, -0.05) is 0 Å². The van der Waals surface area contributed by atoms with Gasteiger partial charge in [-0.2, -0.15) is 0 Å². The van der Waals surface area contributed by atoms with E-state index in [2.05, 4.69) is 10.6 Å². The zero-order valence-corrected chi connectivity index (χ0v) is 17.6. The Hall–Kier alpha value is -1.47. The summed E-state index contributed by atoms with van der Waals surface area (Å²) in [5, 5.41) is 6.90. The van der Waals surface area contributed by atoms with Crippen molar-refractivity contribution in [3.05, 3.63) is 16.0 Å². The van der Waals surface area contributed by atoms with Crippen LogP contribution in [-0.2, 0) is 17.6 Å². The van der Waals surface area contributed by atoms with Gasteiger partial charge in [-0.25, -0.2) is 0 Å². The number of thiocarbonyl (C=S) groups is 1. The van der Waals surface area contributed by atoms with Crippen molar-refractivity contribution in [2.45, 2.75) is 64.2 Å². The minimum Gasteiger partial charge on any atom is -0.365 e. The average Bonchev–Trinajstić information content (AvgIpc) is 3.12. The van der Waals surface area contributed by atoms with Gasteiger partial charge in [0.2, 0.25) is 5.91 Å². The smallest absolute Gasteiger partial charge is 0.251 e. The minimum atomic E-state index is -0.426. The number of thiophene rings is 1. The maximum absolute atomic E-state index is 12.8. The first-order chi connectivity index (χ1) is 13.4. The van der Waals surface area contributed by atoms with E-state index in [9.17, 15) is 9.59 Å². The Morgan fingerprint density at radius 1 is 1.11 bits per heavy atom. The van der Waals surface area contributed by atoms with E-state index in [1.165, 1.54) is 54.7 Å². The van der Waals surface area contributed by atoms with Crippen molar-refractivity contribution in [3.63, 3.8) is 0 Å². The highest BCUT2D eigenvalue weighted by Gasteiger charge is 2.51. The summed E-state index contributed by atoms with van der Waals surface area (Å²) < 4.78 is 0. The monoisotopic (exact) mass is 417 g/mol. The molecule has 6 rings (SSSR count). The van der Waals surface area contributed by atoms with E-state index in [0.29, 0.717) is 17.0 Å². The number of anilines is 1. The second-order valence-electron chi connectivity index (χ2n) is 9.52. The maximum Gasteiger partial charge on any atom is 0.251 e. The molecule has 0 aromatic carbocycles. The molecule has 1 heterocycles. The minimum absolute atomic E-state index is 0.00386. The summed E-state index contributed by atoms with van der Waals surface area (Å²) in [6.07, 6.45) is 11.2. The molecule has 4 fully saturated rings. The molecule has 5 nitrogen and oxygen atoms in total. The van der Waals surface area contributed by atoms with Crippen LogP contribution in [0.15, 0.2) is 0 Å². The molecule has 4 bridgehead atoms. The van der Waals surface area contributed by atoms with Crippen molar-refractivity contribution in [2.75, 3.05) is 5.32 Å². The molecule has 150 valence electrons. The normalized spacial score (nSPS) is 32.2. The van der Waals surface area contributed by atoms with Crippen molar-refractivity contribution in [2.24, 2.45) is 28.9 Å². The number of rotatable bonds is 4. The summed E-state index contributed by atoms with van der Waals surface area (Å²) in [5.74, 6) is 2.07. The molecule has 0 unspecified atom stereocenters. The second kappa shape index (κ2) is 6.80. The zero-order valence-electron chi connectivity index (χ0n) is 16.0. The van der Waals surface area contributed by atoms with Crippen LogP contribution >= 0.6 is 23.6 Å². The highest BCUT2D eigenvalue weighted by molar-refractivity contribution is 7.80. The number of carbonyl (C=O) groups is 2. The molecular weight excluding hydrogens is 390 g/mol. The van der Waals surface area contributed by atoms with E-state index in [0.717, 1.165) is 42.6 Å². The Morgan fingerprint density at radius 3 is 2.36 bits per heavy atom. The Bertz CT molecular complexity index is 825. The van der Waals surface area contributed by atoms with Gasteiger partial charge in [0, 0.05) is 11.3 Å². The van der Waals surface area contributed by atoms with Crippen LogP contribution in [-0.4, -0.2) is 16.9 Å². The van der Waals surface area contributed by atoms with Gasteiger partial charge in [0.05, 0.1) is 5.56 Å². The number of carbonyl (C=O) groups excluding carboxylic acids is 2. The predicted molar refractivity (Wildman–Crippen MR) is 114 cm³/mol. The molecule has 7 heteroatoms. The Morgan fingerprint density at radius 2 is 1.75 bits per heavy atom. The van der Waals surface area contributed by atoms with Crippen molar-refractivity contribution in [1.29, 1.82) is 0 Å². The molecule has 0 saturated heterocycles. The average molecular weight is 418 g/mol. The first kappa shape index (κ1) is 18.6. The predicted octanol–water partition coefficient (Wildman–Crippen LogP) is 3.76. The van der Waals surface area contributed by atoms with Gasteiger partial charge in [-0.15, -0.1) is 11.3 Å². The van der Waals surface area contributed by atoms with Gasteiger partial charge in [-0.05, 0) is 98.7 Å². The lowest BCUT2D eigenvalue weighted by Crippen LogP contribution is -2.48. The van der Waals surface area contributed by atoms with Crippen LogP contribution in [0, 0.1) is 23.2 Å². The van der Waals surface area contributed by atoms with Crippen LogP contribution in [0.4, 0.5) is 5.00 Å². The Kier molecular flexibility index (Phi) is 4.51. The molecule has 4 N–H and O–H groups in total. The van der Waals surface area contributed by atoms with Crippen molar-refractivity contribution in [1.82, 2.24) is 5.32 Å². The molecule has 0 aliphatic heterocycles. The molecule has 0 atom stereocenters. The summed E-state index contributed by atoms with van der Waals surface area (Å²) in [4.78, 5) is 25.9. The largest absolute Gasteiger partial charge is 0.365 e. The quantitative estimate of drug-likeness (QED) is 0.652. The fraction of sp³-hybridized carbons (Fsp3) is 0.667. The number of amides is 2. The molecule has 2 amide bonds. The number of nitrogens with two attached hydrogens (primary N) is 1. The summed E-state index contributed by atoms with van der Waals surface area (Å²) in [5.41, 5.74) is 7.40. The number of nitrogens with one attached hydrogen (secondary N) is 2. The molecule has 4 saturated carbocycles. The van der Waals surface area contributed by atoms with Crippen LogP contribution < -0.4 is 16.4 Å². The van der Waals surface area contributed by atoms with Crippen molar-refractivity contribution < 1.29 is 9.59 Å². The molecule has 1 aromatic heterocycles.